The zero-order chi connectivity index (χ0) is 14.8. The number of rotatable bonds is 7. The summed E-state index contributed by atoms with van der Waals surface area (Å²) in [6, 6.07) is 1.78. The average molecular weight is 316 g/mol. The predicted molar refractivity (Wildman–Crippen MR) is 80.9 cm³/mol. The Morgan fingerprint density at radius 3 is 2.90 bits per heavy atom. The largest absolute Gasteiger partial charge is 0.492 e. The Kier molecular flexibility index (Phi) is 7.42. The molecule has 6 heteroatoms. The van der Waals surface area contributed by atoms with Gasteiger partial charge in [0.15, 0.2) is 0 Å². The first-order chi connectivity index (χ1) is 9.57. The molecule has 0 aliphatic rings. The summed E-state index contributed by atoms with van der Waals surface area (Å²) in [5.74, 6) is 7.26. The first-order valence-electron chi connectivity index (χ1n) is 6.40. The molecule has 0 bridgehead atoms. The minimum atomic E-state index is -2.93. The van der Waals surface area contributed by atoms with Crippen molar-refractivity contribution in [1.29, 1.82) is 0 Å². The Labute approximate surface area is 125 Å². The van der Waals surface area contributed by atoms with Crippen LogP contribution in [0.1, 0.15) is 25.3 Å². The molecule has 4 nitrogen and oxygen atoms in total. The number of halogens is 1. The van der Waals surface area contributed by atoms with Gasteiger partial charge in [0.1, 0.15) is 15.6 Å². The molecule has 1 heterocycles. The van der Waals surface area contributed by atoms with E-state index >= 15 is 0 Å². The molecule has 0 aliphatic carbocycles. The van der Waals surface area contributed by atoms with Gasteiger partial charge in [-0.15, -0.1) is 11.6 Å². The summed E-state index contributed by atoms with van der Waals surface area (Å²) >= 11 is 5.54. The third-order valence-electron chi connectivity index (χ3n) is 2.47. The van der Waals surface area contributed by atoms with E-state index in [1.54, 1.807) is 25.4 Å². The molecule has 0 spiro atoms. The normalized spacial score (nSPS) is 10.7. The second kappa shape index (κ2) is 8.83. The van der Waals surface area contributed by atoms with Gasteiger partial charge in [-0.3, -0.25) is 4.98 Å². The van der Waals surface area contributed by atoms with E-state index in [0.717, 1.165) is 5.56 Å². The summed E-state index contributed by atoms with van der Waals surface area (Å²) in [5, 5.41) is 0. The van der Waals surface area contributed by atoms with Gasteiger partial charge in [0.25, 0.3) is 0 Å². The van der Waals surface area contributed by atoms with Gasteiger partial charge in [0.05, 0.1) is 18.6 Å². The highest BCUT2D eigenvalue weighted by atomic mass is 35.5. The Morgan fingerprint density at radius 1 is 1.40 bits per heavy atom. The first kappa shape index (κ1) is 16.8. The summed E-state index contributed by atoms with van der Waals surface area (Å²) < 4.78 is 28.1. The van der Waals surface area contributed by atoms with Crippen LogP contribution in [0.3, 0.4) is 0 Å². The highest BCUT2D eigenvalue weighted by molar-refractivity contribution is 7.91. The Hall–Kier alpha value is -1.25. The molecule has 0 N–H and O–H groups in total. The number of sulfone groups is 1. The van der Waals surface area contributed by atoms with Crippen LogP contribution < -0.4 is 4.74 Å². The lowest BCUT2D eigenvalue weighted by Gasteiger charge is -2.06. The van der Waals surface area contributed by atoms with Crippen molar-refractivity contribution in [3.63, 3.8) is 0 Å². The van der Waals surface area contributed by atoms with Crippen molar-refractivity contribution in [2.24, 2.45) is 0 Å². The number of hydrogen-bond acceptors (Lipinski definition) is 4. The molecular weight excluding hydrogens is 298 g/mol. The van der Waals surface area contributed by atoms with Crippen LogP contribution in [0.25, 0.3) is 0 Å². The van der Waals surface area contributed by atoms with Crippen LogP contribution in [0.15, 0.2) is 18.5 Å². The standard InChI is InChI=1S/C14H18ClNO3S/c1-2-20(17,18)9-5-8-19-14-10-13(11-16-12-14)6-3-4-7-15/h10-12H,2,4-5,7-9H2,1H3. The van der Waals surface area contributed by atoms with Crippen LogP contribution in [-0.4, -0.2) is 37.4 Å². The smallest absolute Gasteiger partial charge is 0.150 e. The molecule has 1 aromatic heterocycles. The topological polar surface area (TPSA) is 56.3 Å². The van der Waals surface area contributed by atoms with Gasteiger partial charge in [0.2, 0.25) is 0 Å². The molecule has 20 heavy (non-hydrogen) atoms. The summed E-state index contributed by atoms with van der Waals surface area (Å²) in [7, 11) is -2.93. The molecular formula is C14H18ClNO3S. The molecule has 110 valence electrons. The van der Waals surface area contributed by atoms with E-state index in [2.05, 4.69) is 16.8 Å². The van der Waals surface area contributed by atoms with E-state index in [-0.39, 0.29) is 11.5 Å². The summed E-state index contributed by atoms with van der Waals surface area (Å²) in [5.41, 5.74) is 0.758. The zero-order valence-electron chi connectivity index (χ0n) is 11.4. The fourth-order valence-electron chi connectivity index (χ4n) is 1.39. The van der Waals surface area contributed by atoms with E-state index in [1.165, 1.54) is 0 Å². The van der Waals surface area contributed by atoms with Gasteiger partial charge < -0.3 is 4.74 Å². The maximum atomic E-state index is 11.3. The van der Waals surface area contributed by atoms with Crippen molar-refractivity contribution >= 4 is 21.4 Å². The monoisotopic (exact) mass is 315 g/mol. The van der Waals surface area contributed by atoms with Crippen LogP contribution in [0, 0.1) is 11.8 Å². The van der Waals surface area contributed by atoms with Crippen molar-refractivity contribution in [3.8, 4) is 17.6 Å². The number of alkyl halides is 1. The molecule has 0 aromatic carbocycles. The van der Waals surface area contributed by atoms with Gasteiger partial charge in [-0.05, 0) is 12.5 Å². The number of aromatic nitrogens is 1. The zero-order valence-corrected chi connectivity index (χ0v) is 13.0. The Balaban J connectivity index is 2.45. The first-order valence-corrected chi connectivity index (χ1v) is 8.76. The summed E-state index contributed by atoms with van der Waals surface area (Å²) in [6.45, 7) is 1.99. The van der Waals surface area contributed by atoms with Gasteiger partial charge in [0, 0.05) is 29.8 Å². The van der Waals surface area contributed by atoms with E-state index in [1.807, 2.05) is 0 Å². The van der Waals surface area contributed by atoms with Crippen LogP contribution in [0.5, 0.6) is 5.75 Å². The number of pyridine rings is 1. The molecule has 0 amide bonds. The number of nitrogens with zero attached hydrogens (tertiary/aromatic N) is 1. The SMILES string of the molecule is CCS(=O)(=O)CCCOc1cncc(C#CCCCl)c1. The average Bonchev–Trinajstić information content (AvgIpc) is 2.45. The molecule has 0 aliphatic heterocycles. The lowest BCUT2D eigenvalue weighted by Crippen LogP contribution is -2.11. The predicted octanol–water partition coefficient (Wildman–Crippen LogP) is 2.27. The number of ether oxygens (including phenoxy) is 1. The number of hydrogen-bond donors (Lipinski definition) is 0. The van der Waals surface area contributed by atoms with E-state index in [9.17, 15) is 8.42 Å². The maximum Gasteiger partial charge on any atom is 0.150 e. The third kappa shape index (κ3) is 6.78. The second-order valence-electron chi connectivity index (χ2n) is 4.09. The van der Waals surface area contributed by atoms with Crippen molar-refractivity contribution in [2.75, 3.05) is 24.0 Å². The van der Waals surface area contributed by atoms with Crippen molar-refractivity contribution in [2.45, 2.75) is 19.8 Å². The van der Waals surface area contributed by atoms with Crippen molar-refractivity contribution in [3.05, 3.63) is 24.0 Å². The highest BCUT2D eigenvalue weighted by Gasteiger charge is 2.06. The lowest BCUT2D eigenvalue weighted by molar-refractivity contribution is 0.316. The van der Waals surface area contributed by atoms with Crippen molar-refractivity contribution in [1.82, 2.24) is 4.98 Å². The minimum absolute atomic E-state index is 0.145. The highest BCUT2D eigenvalue weighted by Crippen LogP contribution is 2.11. The summed E-state index contributed by atoms with van der Waals surface area (Å²) in [4.78, 5) is 4.03. The molecule has 0 radical (unpaired) electrons. The van der Waals surface area contributed by atoms with Gasteiger partial charge >= 0.3 is 0 Å². The quantitative estimate of drug-likeness (QED) is 0.440. The van der Waals surface area contributed by atoms with Gasteiger partial charge in [-0.1, -0.05) is 18.8 Å². The molecule has 0 unspecified atom stereocenters. The Bertz CT molecular complexity index is 576. The molecule has 1 aromatic rings. The van der Waals surface area contributed by atoms with Gasteiger partial charge in [-0.25, -0.2) is 8.42 Å². The van der Waals surface area contributed by atoms with Crippen LogP contribution in [-0.2, 0) is 9.84 Å². The van der Waals surface area contributed by atoms with Crippen LogP contribution in [0.4, 0.5) is 0 Å². The third-order valence-corrected chi connectivity index (χ3v) is 4.45. The molecule has 0 atom stereocenters. The van der Waals surface area contributed by atoms with Crippen LogP contribution in [0.2, 0.25) is 0 Å². The van der Waals surface area contributed by atoms with Crippen LogP contribution >= 0.6 is 11.6 Å². The van der Waals surface area contributed by atoms with Crippen molar-refractivity contribution < 1.29 is 13.2 Å². The molecule has 1 rings (SSSR count). The Morgan fingerprint density at radius 2 is 2.20 bits per heavy atom. The van der Waals surface area contributed by atoms with E-state index < -0.39 is 9.84 Å². The lowest BCUT2D eigenvalue weighted by atomic mass is 10.2. The second-order valence-corrected chi connectivity index (χ2v) is 6.94. The van der Waals surface area contributed by atoms with Gasteiger partial charge in [-0.2, -0.15) is 0 Å². The summed E-state index contributed by atoms with van der Waals surface area (Å²) in [6.07, 6.45) is 4.33. The molecule has 0 saturated heterocycles. The fourth-order valence-corrected chi connectivity index (χ4v) is 2.33. The van der Waals surface area contributed by atoms with E-state index in [0.29, 0.717) is 31.1 Å². The molecule has 0 fully saturated rings. The minimum Gasteiger partial charge on any atom is -0.492 e. The van der Waals surface area contributed by atoms with E-state index in [4.69, 9.17) is 16.3 Å². The molecule has 0 saturated carbocycles. The fraction of sp³-hybridized carbons (Fsp3) is 0.500. The maximum absolute atomic E-state index is 11.3.